The number of benzene rings is 2. The first kappa shape index (κ1) is 22.1. The summed E-state index contributed by atoms with van der Waals surface area (Å²) in [7, 11) is -3.55. The maximum Gasteiger partial charge on any atom is 0.239 e. The molecule has 0 unspecified atom stereocenters. The molecule has 7 heteroatoms. The number of fused-ring (bicyclic) bond motifs is 1. The van der Waals surface area contributed by atoms with E-state index in [-0.39, 0.29) is 23.1 Å². The molecule has 0 spiro atoms. The summed E-state index contributed by atoms with van der Waals surface area (Å²) in [5.74, 6) is -0.201. The van der Waals surface area contributed by atoms with Crippen LogP contribution in [0.25, 0.3) is 10.9 Å². The van der Waals surface area contributed by atoms with Gasteiger partial charge in [-0.25, -0.2) is 8.42 Å². The number of carbonyl (C=O) groups excluding carboxylic acids is 1. The topological polar surface area (TPSA) is 71.4 Å². The maximum absolute atomic E-state index is 13.1. The van der Waals surface area contributed by atoms with Gasteiger partial charge in [-0.05, 0) is 24.7 Å². The molecule has 0 aliphatic heterocycles. The van der Waals surface area contributed by atoms with Crippen LogP contribution in [0.15, 0.2) is 65.7 Å². The van der Waals surface area contributed by atoms with Gasteiger partial charge in [0.1, 0.15) is 6.54 Å². The SMILES string of the molecule is CCN(CC)CCNC(=O)Cn1cc(S(=O)(=O)Cc2ccccc2)c2ccccc21. The van der Waals surface area contributed by atoms with Gasteiger partial charge in [0.25, 0.3) is 0 Å². The average Bonchev–Trinajstić information content (AvgIpc) is 3.11. The highest BCUT2D eigenvalue weighted by Gasteiger charge is 2.22. The lowest BCUT2D eigenvalue weighted by Crippen LogP contribution is -2.36. The number of carbonyl (C=O) groups is 1. The Labute approximate surface area is 178 Å². The van der Waals surface area contributed by atoms with Crippen molar-refractivity contribution in [1.29, 1.82) is 0 Å². The van der Waals surface area contributed by atoms with E-state index in [1.54, 1.807) is 29.0 Å². The molecule has 0 fully saturated rings. The summed E-state index contributed by atoms with van der Waals surface area (Å²) in [5, 5.41) is 3.57. The summed E-state index contributed by atoms with van der Waals surface area (Å²) < 4.78 is 27.9. The predicted octanol–water partition coefficient (Wildman–Crippen LogP) is 3.07. The first-order valence-corrected chi connectivity index (χ1v) is 11.9. The van der Waals surface area contributed by atoms with Gasteiger partial charge in [-0.15, -0.1) is 0 Å². The number of hydrogen-bond acceptors (Lipinski definition) is 4. The molecule has 1 aromatic heterocycles. The number of rotatable bonds is 10. The van der Waals surface area contributed by atoms with Gasteiger partial charge < -0.3 is 14.8 Å². The maximum atomic E-state index is 13.1. The van der Waals surface area contributed by atoms with E-state index in [1.807, 2.05) is 36.4 Å². The second-order valence-electron chi connectivity index (χ2n) is 7.26. The molecule has 6 nitrogen and oxygen atoms in total. The second kappa shape index (κ2) is 9.91. The molecule has 0 aliphatic carbocycles. The summed E-state index contributed by atoms with van der Waals surface area (Å²) in [6.07, 6.45) is 1.59. The minimum atomic E-state index is -3.55. The van der Waals surface area contributed by atoms with Gasteiger partial charge in [0.05, 0.1) is 10.6 Å². The van der Waals surface area contributed by atoms with Crippen LogP contribution in [0.4, 0.5) is 0 Å². The van der Waals surface area contributed by atoms with Crippen LogP contribution in [-0.2, 0) is 26.9 Å². The van der Waals surface area contributed by atoms with Crippen molar-refractivity contribution >= 4 is 26.6 Å². The van der Waals surface area contributed by atoms with E-state index in [1.165, 1.54) is 0 Å². The van der Waals surface area contributed by atoms with Crippen LogP contribution >= 0.6 is 0 Å². The summed E-state index contributed by atoms with van der Waals surface area (Å²) in [5.41, 5.74) is 1.48. The van der Waals surface area contributed by atoms with Crippen molar-refractivity contribution in [2.24, 2.45) is 0 Å². The highest BCUT2D eigenvalue weighted by molar-refractivity contribution is 7.90. The number of likely N-dealkylation sites (N-methyl/N-ethyl adjacent to an activating group) is 1. The van der Waals surface area contributed by atoms with E-state index in [2.05, 4.69) is 24.1 Å². The van der Waals surface area contributed by atoms with Crippen molar-refractivity contribution < 1.29 is 13.2 Å². The van der Waals surface area contributed by atoms with E-state index in [0.29, 0.717) is 11.9 Å². The molecule has 1 N–H and O–H groups in total. The number of hydrogen-bond donors (Lipinski definition) is 1. The van der Waals surface area contributed by atoms with Gasteiger partial charge in [-0.3, -0.25) is 4.79 Å². The molecule has 2 aromatic carbocycles. The van der Waals surface area contributed by atoms with Crippen molar-refractivity contribution in [3.8, 4) is 0 Å². The number of sulfone groups is 1. The number of nitrogens with one attached hydrogen (secondary N) is 1. The van der Waals surface area contributed by atoms with Crippen LogP contribution in [0.1, 0.15) is 19.4 Å². The molecule has 0 atom stereocenters. The van der Waals surface area contributed by atoms with Gasteiger partial charge in [0.2, 0.25) is 5.91 Å². The largest absolute Gasteiger partial charge is 0.353 e. The number of amides is 1. The Balaban J connectivity index is 1.79. The van der Waals surface area contributed by atoms with Crippen molar-refractivity contribution in [3.05, 3.63) is 66.4 Å². The normalized spacial score (nSPS) is 11.8. The van der Waals surface area contributed by atoms with Crippen molar-refractivity contribution in [2.45, 2.75) is 31.0 Å². The van der Waals surface area contributed by atoms with Crippen molar-refractivity contribution in [1.82, 2.24) is 14.8 Å². The third kappa shape index (κ3) is 5.29. The fraction of sp³-hybridized carbons (Fsp3) is 0.348. The van der Waals surface area contributed by atoms with E-state index >= 15 is 0 Å². The van der Waals surface area contributed by atoms with Gasteiger partial charge in [0.15, 0.2) is 9.84 Å². The van der Waals surface area contributed by atoms with Gasteiger partial charge >= 0.3 is 0 Å². The first-order valence-electron chi connectivity index (χ1n) is 10.3. The molecule has 0 saturated heterocycles. The smallest absolute Gasteiger partial charge is 0.239 e. The Morgan fingerprint density at radius 2 is 1.67 bits per heavy atom. The first-order chi connectivity index (χ1) is 14.4. The molecule has 0 aliphatic rings. The van der Waals surface area contributed by atoms with Crippen LogP contribution in [0.5, 0.6) is 0 Å². The lowest BCUT2D eigenvalue weighted by atomic mass is 10.2. The summed E-state index contributed by atoms with van der Waals surface area (Å²) >= 11 is 0. The fourth-order valence-corrected chi connectivity index (χ4v) is 5.15. The molecule has 1 amide bonds. The Morgan fingerprint density at radius 3 is 2.37 bits per heavy atom. The van der Waals surface area contributed by atoms with E-state index in [9.17, 15) is 13.2 Å². The van der Waals surface area contributed by atoms with Crippen LogP contribution in [-0.4, -0.2) is 50.0 Å². The third-order valence-corrected chi connectivity index (χ3v) is 6.95. The Kier molecular flexibility index (Phi) is 7.29. The fourth-order valence-electron chi connectivity index (χ4n) is 3.57. The zero-order chi connectivity index (χ0) is 21.6. The molecule has 0 radical (unpaired) electrons. The van der Waals surface area contributed by atoms with Crippen LogP contribution in [0.2, 0.25) is 0 Å². The number of para-hydroxylation sites is 1. The molecule has 0 bridgehead atoms. The zero-order valence-electron chi connectivity index (χ0n) is 17.5. The van der Waals surface area contributed by atoms with Crippen LogP contribution in [0.3, 0.4) is 0 Å². The molecule has 3 rings (SSSR count). The standard InChI is InChI=1S/C23H29N3O3S/c1-3-25(4-2)15-14-24-23(27)17-26-16-22(20-12-8-9-13-21(20)26)30(28,29)18-19-10-6-5-7-11-19/h5-13,16H,3-4,14-15,17-18H2,1-2H3,(H,24,27). The Hall–Kier alpha value is -2.64. The van der Waals surface area contributed by atoms with Gasteiger partial charge in [0, 0.05) is 30.2 Å². The summed E-state index contributed by atoms with van der Waals surface area (Å²) in [6, 6.07) is 16.4. The quantitative estimate of drug-likeness (QED) is 0.540. The monoisotopic (exact) mass is 427 g/mol. The minimum Gasteiger partial charge on any atom is -0.353 e. The molecular weight excluding hydrogens is 398 g/mol. The zero-order valence-corrected chi connectivity index (χ0v) is 18.4. The van der Waals surface area contributed by atoms with Crippen LogP contribution in [0, 0.1) is 0 Å². The van der Waals surface area contributed by atoms with Crippen LogP contribution < -0.4 is 5.32 Å². The van der Waals surface area contributed by atoms with E-state index in [0.717, 1.165) is 30.7 Å². The van der Waals surface area contributed by atoms with Crippen molar-refractivity contribution in [3.63, 3.8) is 0 Å². The summed E-state index contributed by atoms with van der Waals surface area (Å²) in [4.78, 5) is 15.0. The lowest BCUT2D eigenvalue weighted by molar-refractivity contribution is -0.121. The molecule has 1 heterocycles. The average molecular weight is 428 g/mol. The molecular formula is C23H29N3O3S. The number of nitrogens with zero attached hydrogens (tertiary/aromatic N) is 2. The molecule has 30 heavy (non-hydrogen) atoms. The molecule has 3 aromatic rings. The highest BCUT2D eigenvalue weighted by Crippen LogP contribution is 2.28. The Morgan fingerprint density at radius 1 is 1.00 bits per heavy atom. The lowest BCUT2D eigenvalue weighted by Gasteiger charge is -2.18. The molecule has 0 saturated carbocycles. The minimum absolute atomic E-state index is 0.0715. The third-order valence-electron chi connectivity index (χ3n) is 5.25. The second-order valence-corrected chi connectivity index (χ2v) is 9.22. The summed E-state index contributed by atoms with van der Waals surface area (Å²) in [6.45, 7) is 7.51. The number of aromatic nitrogens is 1. The highest BCUT2D eigenvalue weighted by atomic mass is 32.2. The molecule has 160 valence electrons. The van der Waals surface area contributed by atoms with Gasteiger partial charge in [-0.2, -0.15) is 0 Å². The Bertz CT molecular complexity index is 1090. The predicted molar refractivity (Wildman–Crippen MR) is 120 cm³/mol. The van der Waals surface area contributed by atoms with E-state index < -0.39 is 9.84 Å². The van der Waals surface area contributed by atoms with Gasteiger partial charge in [-0.1, -0.05) is 62.4 Å². The van der Waals surface area contributed by atoms with E-state index in [4.69, 9.17) is 0 Å². The van der Waals surface area contributed by atoms with Crippen molar-refractivity contribution in [2.75, 3.05) is 26.2 Å².